The molecule has 1 aliphatic heterocycles. The molecule has 33 heavy (non-hydrogen) atoms. The minimum Gasteiger partial charge on any atom is -0.480 e. The van der Waals surface area contributed by atoms with Crippen LogP contribution in [-0.4, -0.2) is 60.9 Å². The summed E-state index contributed by atoms with van der Waals surface area (Å²) in [6, 6.07) is 6.27. The minimum absolute atomic E-state index is 0.0128. The van der Waals surface area contributed by atoms with Crippen LogP contribution in [-0.2, 0) is 10.0 Å². The van der Waals surface area contributed by atoms with E-state index in [2.05, 4.69) is 15.3 Å². The van der Waals surface area contributed by atoms with Crippen LogP contribution in [0.4, 0.5) is 0 Å². The number of hydrogen-bond acceptors (Lipinski definition) is 7. The number of nitrogens with zero attached hydrogens (tertiary/aromatic N) is 3. The Morgan fingerprint density at radius 1 is 1.00 bits per heavy atom. The molecular weight excluding hydrogens is 444 g/mol. The van der Waals surface area contributed by atoms with Crippen molar-refractivity contribution in [1.29, 1.82) is 0 Å². The van der Waals surface area contributed by atoms with Gasteiger partial charge in [-0.25, -0.2) is 8.42 Å². The zero-order valence-electron chi connectivity index (χ0n) is 18.8. The fraction of sp³-hybridized carbons (Fsp3) is 0.522. The van der Waals surface area contributed by atoms with Crippen molar-refractivity contribution in [1.82, 2.24) is 19.6 Å². The fourth-order valence-corrected chi connectivity index (χ4v) is 5.80. The van der Waals surface area contributed by atoms with Crippen LogP contribution in [0, 0.1) is 0 Å². The number of benzene rings is 1. The van der Waals surface area contributed by atoms with Crippen molar-refractivity contribution in [3.05, 3.63) is 42.2 Å². The molecule has 0 bridgehead atoms. The number of aromatic nitrogens is 2. The van der Waals surface area contributed by atoms with Gasteiger partial charge in [-0.15, -0.1) is 0 Å². The van der Waals surface area contributed by atoms with Crippen molar-refractivity contribution in [2.45, 2.75) is 62.0 Å². The summed E-state index contributed by atoms with van der Waals surface area (Å²) in [5.41, 5.74) is 0.456. The molecule has 1 aliphatic carbocycles. The van der Waals surface area contributed by atoms with Crippen molar-refractivity contribution in [2.75, 3.05) is 20.2 Å². The lowest BCUT2D eigenvalue weighted by molar-refractivity contribution is 0.0889. The molecule has 0 radical (unpaired) electrons. The quantitative estimate of drug-likeness (QED) is 0.657. The lowest BCUT2D eigenvalue weighted by Crippen LogP contribution is -2.39. The average Bonchev–Trinajstić information content (AvgIpc) is 2.86. The predicted octanol–water partition coefficient (Wildman–Crippen LogP) is 2.78. The number of ether oxygens (including phenoxy) is 2. The molecule has 1 amide bonds. The maximum atomic E-state index is 12.8. The van der Waals surface area contributed by atoms with Gasteiger partial charge in [-0.05, 0) is 62.8 Å². The number of carbonyl (C=O) groups is 1. The smallest absolute Gasteiger partial charge is 0.251 e. The molecule has 178 valence electrons. The molecule has 1 saturated carbocycles. The standard InChI is InChI=1S/C23H30N4O5S/c1-31-21-15-24-16-22(26-21)32-19-9-7-18(8-10-19)25-23(28)17-5-11-20(12-6-17)33(29,30)27-13-3-2-4-14-27/h5-6,11-12,15-16,18-19H,2-4,7-10,13-14H2,1H3,(H,25,28). The van der Waals surface area contributed by atoms with E-state index in [9.17, 15) is 13.2 Å². The predicted molar refractivity (Wildman–Crippen MR) is 122 cm³/mol. The molecule has 1 aromatic heterocycles. The molecule has 1 N–H and O–H groups in total. The zero-order chi connectivity index (χ0) is 23.3. The summed E-state index contributed by atoms with van der Waals surface area (Å²) in [5.74, 6) is 0.643. The van der Waals surface area contributed by atoms with Crippen LogP contribution < -0.4 is 14.8 Å². The Morgan fingerprint density at radius 3 is 2.33 bits per heavy atom. The molecule has 2 aromatic rings. The molecule has 2 heterocycles. The van der Waals surface area contributed by atoms with E-state index in [0.717, 1.165) is 44.9 Å². The van der Waals surface area contributed by atoms with Crippen molar-refractivity contribution < 1.29 is 22.7 Å². The van der Waals surface area contributed by atoms with Gasteiger partial charge in [-0.1, -0.05) is 6.42 Å². The van der Waals surface area contributed by atoms with Crippen molar-refractivity contribution in [3.63, 3.8) is 0 Å². The second kappa shape index (κ2) is 10.5. The molecule has 1 saturated heterocycles. The van der Waals surface area contributed by atoms with Crippen molar-refractivity contribution in [3.8, 4) is 11.8 Å². The van der Waals surface area contributed by atoms with E-state index in [-0.39, 0.29) is 22.9 Å². The summed E-state index contributed by atoms with van der Waals surface area (Å²) in [4.78, 5) is 21.2. The molecule has 2 aliphatic rings. The number of methoxy groups -OCH3 is 1. The van der Waals surface area contributed by atoms with Gasteiger partial charge in [-0.2, -0.15) is 9.29 Å². The van der Waals surface area contributed by atoms with Crippen LogP contribution in [0.5, 0.6) is 11.8 Å². The monoisotopic (exact) mass is 474 g/mol. The summed E-state index contributed by atoms with van der Waals surface area (Å²) in [7, 11) is -1.97. The summed E-state index contributed by atoms with van der Waals surface area (Å²) >= 11 is 0. The number of amides is 1. The zero-order valence-corrected chi connectivity index (χ0v) is 19.6. The van der Waals surface area contributed by atoms with Gasteiger partial charge >= 0.3 is 0 Å². The molecular formula is C23H30N4O5S. The van der Waals surface area contributed by atoms with Gasteiger partial charge in [-0.3, -0.25) is 9.78 Å². The molecule has 10 heteroatoms. The molecule has 9 nitrogen and oxygen atoms in total. The maximum Gasteiger partial charge on any atom is 0.251 e. The Kier molecular flexibility index (Phi) is 7.44. The lowest BCUT2D eigenvalue weighted by atomic mass is 9.92. The molecule has 0 unspecified atom stereocenters. The summed E-state index contributed by atoms with van der Waals surface area (Å²) in [6.07, 6.45) is 9.09. The van der Waals surface area contributed by atoms with Crippen LogP contribution in [0.3, 0.4) is 0 Å². The maximum absolute atomic E-state index is 12.8. The second-order valence-corrected chi connectivity index (χ2v) is 10.4. The highest BCUT2D eigenvalue weighted by Crippen LogP contribution is 2.24. The van der Waals surface area contributed by atoms with E-state index >= 15 is 0 Å². The largest absolute Gasteiger partial charge is 0.480 e. The Balaban J connectivity index is 1.28. The number of piperidine rings is 1. The molecule has 2 fully saturated rings. The molecule has 0 spiro atoms. The molecule has 4 rings (SSSR count). The van der Waals surface area contributed by atoms with Crippen molar-refractivity contribution >= 4 is 15.9 Å². The Bertz CT molecular complexity index is 1050. The Morgan fingerprint density at radius 2 is 1.67 bits per heavy atom. The highest BCUT2D eigenvalue weighted by atomic mass is 32.2. The SMILES string of the molecule is COc1cncc(OC2CCC(NC(=O)c3ccc(S(=O)(=O)N4CCCCC4)cc3)CC2)n1. The van der Waals surface area contributed by atoms with Crippen LogP contribution in [0.1, 0.15) is 55.3 Å². The van der Waals surface area contributed by atoms with E-state index in [1.165, 1.54) is 29.7 Å². The first-order chi connectivity index (χ1) is 16.0. The van der Waals surface area contributed by atoms with E-state index < -0.39 is 10.0 Å². The number of hydrogen-bond donors (Lipinski definition) is 1. The second-order valence-electron chi connectivity index (χ2n) is 8.45. The van der Waals surface area contributed by atoms with Gasteiger partial charge < -0.3 is 14.8 Å². The van der Waals surface area contributed by atoms with Gasteiger partial charge in [0.25, 0.3) is 5.91 Å². The summed E-state index contributed by atoms with van der Waals surface area (Å²) in [5, 5.41) is 3.06. The first-order valence-electron chi connectivity index (χ1n) is 11.4. The Hall–Kier alpha value is -2.72. The topological polar surface area (TPSA) is 111 Å². The van der Waals surface area contributed by atoms with Gasteiger partial charge in [0.15, 0.2) is 0 Å². The van der Waals surface area contributed by atoms with Gasteiger partial charge in [0.05, 0.1) is 24.4 Å². The van der Waals surface area contributed by atoms with E-state index in [1.807, 2.05) is 0 Å². The Labute approximate surface area is 194 Å². The number of carbonyl (C=O) groups excluding carboxylic acids is 1. The fourth-order valence-electron chi connectivity index (χ4n) is 4.28. The normalized spacial score (nSPS) is 21.8. The van der Waals surface area contributed by atoms with Gasteiger partial charge in [0.1, 0.15) is 6.10 Å². The van der Waals surface area contributed by atoms with E-state index in [0.29, 0.717) is 30.4 Å². The van der Waals surface area contributed by atoms with Crippen molar-refractivity contribution in [2.24, 2.45) is 0 Å². The molecule has 0 atom stereocenters. The highest BCUT2D eigenvalue weighted by Gasteiger charge is 2.27. The van der Waals surface area contributed by atoms with Crippen LogP contribution in [0.25, 0.3) is 0 Å². The highest BCUT2D eigenvalue weighted by molar-refractivity contribution is 7.89. The minimum atomic E-state index is -3.50. The number of rotatable bonds is 7. The lowest BCUT2D eigenvalue weighted by Gasteiger charge is -2.29. The number of nitrogens with one attached hydrogen (secondary N) is 1. The molecule has 1 aromatic carbocycles. The summed E-state index contributed by atoms with van der Waals surface area (Å²) in [6.45, 7) is 1.11. The average molecular weight is 475 g/mol. The third-order valence-electron chi connectivity index (χ3n) is 6.17. The van der Waals surface area contributed by atoms with Gasteiger partial charge in [0, 0.05) is 24.7 Å². The first kappa shape index (κ1) is 23.4. The van der Waals surface area contributed by atoms with E-state index in [1.54, 1.807) is 18.3 Å². The number of sulfonamides is 1. The van der Waals surface area contributed by atoms with Gasteiger partial charge in [0.2, 0.25) is 21.8 Å². The summed E-state index contributed by atoms with van der Waals surface area (Å²) < 4.78 is 38.1. The third-order valence-corrected chi connectivity index (χ3v) is 8.08. The third kappa shape index (κ3) is 5.80. The van der Waals surface area contributed by atoms with Crippen LogP contribution >= 0.6 is 0 Å². The van der Waals surface area contributed by atoms with Crippen LogP contribution in [0.2, 0.25) is 0 Å². The van der Waals surface area contributed by atoms with E-state index in [4.69, 9.17) is 9.47 Å². The first-order valence-corrected chi connectivity index (χ1v) is 12.8. The van der Waals surface area contributed by atoms with Crippen LogP contribution in [0.15, 0.2) is 41.6 Å².